The molecule has 0 radical (unpaired) electrons. The maximum atomic E-state index is 12.9. The summed E-state index contributed by atoms with van der Waals surface area (Å²) in [6.07, 6.45) is 0.844. The lowest BCUT2D eigenvalue weighted by Crippen LogP contribution is -2.48. The van der Waals surface area contributed by atoms with Crippen molar-refractivity contribution in [2.24, 2.45) is 0 Å². The van der Waals surface area contributed by atoms with Crippen molar-refractivity contribution in [3.05, 3.63) is 47.9 Å². The fourth-order valence-corrected chi connectivity index (χ4v) is 3.08. The van der Waals surface area contributed by atoms with Crippen LogP contribution < -0.4 is 5.32 Å². The third-order valence-corrected chi connectivity index (χ3v) is 4.54. The van der Waals surface area contributed by atoms with Crippen molar-refractivity contribution < 1.29 is 23.4 Å². The summed E-state index contributed by atoms with van der Waals surface area (Å²) in [5.41, 5.74) is 0.670. The summed E-state index contributed by atoms with van der Waals surface area (Å²) in [4.78, 5) is 20.8. The maximum absolute atomic E-state index is 12.9. The minimum atomic E-state index is -0.481. The molecule has 8 nitrogen and oxygen atoms in total. The van der Waals surface area contributed by atoms with Crippen LogP contribution in [0.25, 0.3) is 0 Å². The van der Waals surface area contributed by atoms with E-state index >= 15 is 0 Å². The predicted octanol–water partition coefficient (Wildman–Crippen LogP) is 1.19. The number of carbonyl (C=O) groups is 1. The molecule has 2 aromatic rings. The van der Waals surface area contributed by atoms with E-state index in [0.29, 0.717) is 31.3 Å². The topological polar surface area (TPSA) is 91.1 Å². The normalized spacial score (nSPS) is 16.8. The molecule has 1 amide bonds. The van der Waals surface area contributed by atoms with E-state index in [0.717, 1.165) is 26.2 Å². The van der Waals surface area contributed by atoms with Gasteiger partial charge in [-0.25, -0.2) is 9.37 Å². The van der Waals surface area contributed by atoms with E-state index in [9.17, 15) is 14.3 Å². The van der Waals surface area contributed by atoms with E-state index in [1.54, 1.807) is 7.11 Å². The zero-order valence-corrected chi connectivity index (χ0v) is 15.8. The number of amides is 1. The van der Waals surface area contributed by atoms with Gasteiger partial charge in [0.25, 0.3) is 5.91 Å². The molecule has 0 bridgehead atoms. The zero-order valence-electron chi connectivity index (χ0n) is 15.8. The molecule has 28 heavy (non-hydrogen) atoms. The standard InChI is InChI=1S/C19H25FN4O4/c1-27-12-16(25)10-23-6-8-24(9-7-23)11-18-22-17(13-28-18)19(26)21-15-4-2-14(20)3-5-15/h2-5,13,16,25H,6-12H2,1H3,(H,21,26)/t16-/m0/s1. The van der Waals surface area contributed by atoms with E-state index in [4.69, 9.17) is 9.15 Å². The van der Waals surface area contributed by atoms with Gasteiger partial charge in [0.15, 0.2) is 5.69 Å². The van der Waals surface area contributed by atoms with Crippen LogP contribution in [0.5, 0.6) is 0 Å². The second-order valence-corrected chi connectivity index (χ2v) is 6.77. The number of nitrogens with one attached hydrogen (secondary N) is 1. The van der Waals surface area contributed by atoms with Gasteiger partial charge in [-0.2, -0.15) is 0 Å². The van der Waals surface area contributed by atoms with Gasteiger partial charge in [-0.3, -0.25) is 14.6 Å². The molecule has 1 fully saturated rings. The van der Waals surface area contributed by atoms with Crippen LogP contribution in [-0.4, -0.2) is 78.3 Å². The Labute approximate surface area is 162 Å². The summed E-state index contributed by atoms with van der Waals surface area (Å²) in [5, 5.41) is 12.5. The third-order valence-electron chi connectivity index (χ3n) is 4.54. The van der Waals surface area contributed by atoms with Crippen LogP contribution in [-0.2, 0) is 11.3 Å². The molecule has 1 saturated heterocycles. The average Bonchev–Trinajstić information content (AvgIpc) is 3.14. The number of aliphatic hydroxyl groups excluding tert-OH is 1. The van der Waals surface area contributed by atoms with Gasteiger partial charge >= 0.3 is 0 Å². The number of methoxy groups -OCH3 is 1. The molecular weight excluding hydrogens is 367 g/mol. The molecule has 1 aliphatic rings. The number of β-amino-alcohol motifs (C(OH)–C–C–N with tert-alkyl or cyclic N) is 1. The van der Waals surface area contributed by atoms with Gasteiger partial charge in [0.1, 0.15) is 12.1 Å². The number of anilines is 1. The fourth-order valence-electron chi connectivity index (χ4n) is 3.08. The van der Waals surface area contributed by atoms with Gasteiger partial charge in [0.2, 0.25) is 5.89 Å². The molecule has 0 spiro atoms. The highest BCUT2D eigenvalue weighted by Crippen LogP contribution is 2.13. The molecule has 3 rings (SSSR count). The van der Waals surface area contributed by atoms with Crippen LogP contribution in [0.4, 0.5) is 10.1 Å². The second kappa shape index (κ2) is 9.74. The number of benzene rings is 1. The Kier molecular flexibility index (Phi) is 7.10. The number of carbonyl (C=O) groups excluding carboxylic acids is 1. The van der Waals surface area contributed by atoms with Crippen molar-refractivity contribution in [2.45, 2.75) is 12.6 Å². The molecule has 0 unspecified atom stereocenters. The van der Waals surface area contributed by atoms with Crippen molar-refractivity contribution in [2.75, 3.05) is 51.8 Å². The van der Waals surface area contributed by atoms with Crippen LogP contribution >= 0.6 is 0 Å². The summed E-state index contributed by atoms with van der Waals surface area (Å²) >= 11 is 0. The number of oxazole rings is 1. The monoisotopic (exact) mass is 392 g/mol. The number of aromatic nitrogens is 1. The van der Waals surface area contributed by atoms with Crippen molar-refractivity contribution in [1.82, 2.24) is 14.8 Å². The van der Waals surface area contributed by atoms with Crippen LogP contribution in [0.1, 0.15) is 16.4 Å². The number of hydrogen-bond acceptors (Lipinski definition) is 7. The van der Waals surface area contributed by atoms with E-state index in [1.807, 2.05) is 0 Å². The minimum absolute atomic E-state index is 0.181. The Bertz CT molecular complexity index is 760. The Morgan fingerprint density at radius 3 is 2.64 bits per heavy atom. The summed E-state index contributed by atoms with van der Waals surface area (Å²) in [6.45, 7) is 4.74. The molecule has 1 aromatic heterocycles. The first-order chi connectivity index (χ1) is 13.5. The third kappa shape index (κ3) is 5.83. The minimum Gasteiger partial charge on any atom is -0.447 e. The molecule has 0 saturated carbocycles. The van der Waals surface area contributed by atoms with E-state index in [-0.39, 0.29) is 11.5 Å². The number of piperazine rings is 1. The lowest BCUT2D eigenvalue weighted by atomic mass is 10.2. The summed E-state index contributed by atoms with van der Waals surface area (Å²) in [5.74, 6) is -0.300. The number of ether oxygens (including phenoxy) is 1. The second-order valence-electron chi connectivity index (χ2n) is 6.77. The summed E-state index contributed by atoms with van der Waals surface area (Å²) < 4.78 is 23.3. The molecule has 2 heterocycles. The molecule has 1 aromatic carbocycles. The lowest BCUT2D eigenvalue weighted by molar-refractivity contribution is 0.0221. The first-order valence-electron chi connectivity index (χ1n) is 9.16. The van der Waals surface area contributed by atoms with Gasteiger partial charge < -0.3 is 19.6 Å². The number of halogens is 1. The van der Waals surface area contributed by atoms with Crippen LogP contribution in [0.3, 0.4) is 0 Å². The number of rotatable bonds is 8. The fraction of sp³-hybridized carbons (Fsp3) is 0.474. The van der Waals surface area contributed by atoms with Crippen LogP contribution in [0.15, 0.2) is 34.9 Å². The molecule has 2 N–H and O–H groups in total. The van der Waals surface area contributed by atoms with Crippen molar-refractivity contribution in [3.8, 4) is 0 Å². The highest BCUT2D eigenvalue weighted by Gasteiger charge is 2.21. The van der Waals surface area contributed by atoms with Gasteiger partial charge in [-0.05, 0) is 24.3 Å². The maximum Gasteiger partial charge on any atom is 0.277 e. The highest BCUT2D eigenvalue weighted by atomic mass is 19.1. The largest absolute Gasteiger partial charge is 0.447 e. The zero-order chi connectivity index (χ0) is 19.9. The highest BCUT2D eigenvalue weighted by molar-refractivity contribution is 6.02. The number of hydrogen-bond donors (Lipinski definition) is 2. The Morgan fingerprint density at radius 2 is 1.96 bits per heavy atom. The van der Waals surface area contributed by atoms with Crippen molar-refractivity contribution >= 4 is 11.6 Å². The average molecular weight is 392 g/mol. The Morgan fingerprint density at radius 1 is 1.29 bits per heavy atom. The van der Waals surface area contributed by atoms with Crippen LogP contribution in [0, 0.1) is 5.82 Å². The molecule has 1 atom stereocenters. The van der Waals surface area contributed by atoms with Crippen molar-refractivity contribution in [3.63, 3.8) is 0 Å². The number of nitrogens with zero attached hydrogens (tertiary/aromatic N) is 3. The van der Waals surface area contributed by atoms with Gasteiger partial charge in [0, 0.05) is 45.5 Å². The smallest absolute Gasteiger partial charge is 0.277 e. The van der Waals surface area contributed by atoms with E-state index in [1.165, 1.54) is 30.5 Å². The Hall–Kier alpha value is -2.33. The predicted molar refractivity (Wildman–Crippen MR) is 100 cm³/mol. The van der Waals surface area contributed by atoms with Gasteiger partial charge in [-0.1, -0.05) is 0 Å². The lowest BCUT2D eigenvalue weighted by Gasteiger charge is -2.34. The Balaban J connectivity index is 1.46. The molecule has 152 valence electrons. The first kappa shape index (κ1) is 20.4. The first-order valence-corrected chi connectivity index (χ1v) is 9.16. The van der Waals surface area contributed by atoms with Crippen molar-refractivity contribution in [1.29, 1.82) is 0 Å². The SMILES string of the molecule is COC[C@@H](O)CN1CCN(Cc2nc(C(=O)Nc3ccc(F)cc3)co2)CC1. The van der Waals surface area contributed by atoms with Gasteiger partial charge in [-0.15, -0.1) is 0 Å². The molecular formula is C19H25FN4O4. The quantitative estimate of drug-likeness (QED) is 0.697. The van der Waals surface area contributed by atoms with E-state index in [2.05, 4.69) is 20.1 Å². The molecule has 9 heteroatoms. The van der Waals surface area contributed by atoms with E-state index < -0.39 is 12.0 Å². The summed E-state index contributed by atoms with van der Waals surface area (Å²) in [6, 6.07) is 5.52. The molecule has 1 aliphatic heterocycles. The molecule has 0 aliphatic carbocycles. The van der Waals surface area contributed by atoms with Crippen LogP contribution in [0.2, 0.25) is 0 Å². The summed E-state index contributed by atoms with van der Waals surface area (Å²) in [7, 11) is 1.58. The van der Waals surface area contributed by atoms with Gasteiger partial charge in [0.05, 0.1) is 19.3 Å². The number of aliphatic hydroxyl groups is 1.